The molecule has 1 rings (SSSR count). The minimum atomic E-state index is -0.336. The first-order chi connectivity index (χ1) is 7.74. The molecule has 1 saturated carbocycles. The summed E-state index contributed by atoms with van der Waals surface area (Å²) >= 11 is 0. The van der Waals surface area contributed by atoms with E-state index in [1.165, 1.54) is 12.8 Å². The summed E-state index contributed by atoms with van der Waals surface area (Å²) in [6.45, 7) is 2.57. The van der Waals surface area contributed by atoms with Crippen molar-refractivity contribution in [3.8, 4) is 0 Å². The van der Waals surface area contributed by atoms with E-state index in [1.807, 2.05) is 0 Å². The molecule has 1 amide bonds. The molecule has 1 atom stereocenters. The predicted octanol–water partition coefficient (Wildman–Crippen LogP) is 2.23. The van der Waals surface area contributed by atoms with Crippen LogP contribution in [0, 0.1) is 5.92 Å². The minimum absolute atomic E-state index is 0.0884. The van der Waals surface area contributed by atoms with Crippen LogP contribution < -0.4 is 5.32 Å². The van der Waals surface area contributed by atoms with Gasteiger partial charge in [-0.3, -0.25) is 4.79 Å². The van der Waals surface area contributed by atoms with Crippen molar-refractivity contribution in [2.75, 3.05) is 6.54 Å². The second-order valence-corrected chi connectivity index (χ2v) is 4.87. The van der Waals surface area contributed by atoms with E-state index < -0.39 is 0 Å². The van der Waals surface area contributed by atoms with Gasteiger partial charge < -0.3 is 10.4 Å². The summed E-state index contributed by atoms with van der Waals surface area (Å²) in [5, 5.41) is 12.7. The predicted molar refractivity (Wildman–Crippen MR) is 65.1 cm³/mol. The van der Waals surface area contributed by atoms with Crippen molar-refractivity contribution < 1.29 is 9.90 Å². The van der Waals surface area contributed by atoms with Crippen LogP contribution in [0.2, 0.25) is 0 Å². The SMILES string of the molecule is CCCCCC(=O)NCC(O)C1CCCC1. The third-order valence-corrected chi connectivity index (χ3v) is 3.46. The average Bonchev–Trinajstić information content (AvgIpc) is 2.79. The maximum Gasteiger partial charge on any atom is 0.220 e. The van der Waals surface area contributed by atoms with E-state index in [-0.39, 0.29) is 12.0 Å². The zero-order valence-electron chi connectivity index (χ0n) is 10.4. The molecule has 3 heteroatoms. The lowest BCUT2D eigenvalue weighted by Gasteiger charge is -2.17. The normalized spacial score (nSPS) is 18.6. The van der Waals surface area contributed by atoms with Gasteiger partial charge in [0.2, 0.25) is 5.91 Å². The maximum absolute atomic E-state index is 11.4. The van der Waals surface area contributed by atoms with E-state index in [1.54, 1.807) is 0 Å². The first-order valence-electron chi connectivity index (χ1n) is 6.68. The fraction of sp³-hybridized carbons (Fsp3) is 0.923. The molecule has 0 aromatic heterocycles. The topological polar surface area (TPSA) is 49.3 Å². The van der Waals surface area contributed by atoms with E-state index in [9.17, 15) is 9.90 Å². The van der Waals surface area contributed by atoms with Crippen molar-refractivity contribution in [3.05, 3.63) is 0 Å². The molecule has 0 spiro atoms. The van der Waals surface area contributed by atoms with Gasteiger partial charge in [0.1, 0.15) is 0 Å². The van der Waals surface area contributed by atoms with Gasteiger partial charge in [0.25, 0.3) is 0 Å². The lowest BCUT2D eigenvalue weighted by molar-refractivity contribution is -0.121. The highest BCUT2D eigenvalue weighted by molar-refractivity contribution is 5.75. The molecular weight excluding hydrogens is 202 g/mol. The molecule has 1 unspecified atom stereocenters. The molecule has 0 aliphatic heterocycles. The fourth-order valence-electron chi connectivity index (χ4n) is 2.35. The van der Waals surface area contributed by atoms with Crippen molar-refractivity contribution in [2.45, 2.75) is 64.4 Å². The number of carbonyl (C=O) groups is 1. The Balaban J connectivity index is 2.06. The Morgan fingerprint density at radius 1 is 1.38 bits per heavy atom. The van der Waals surface area contributed by atoms with Crippen LogP contribution in [0.5, 0.6) is 0 Å². The Morgan fingerprint density at radius 2 is 2.06 bits per heavy atom. The van der Waals surface area contributed by atoms with E-state index >= 15 is 0 Å². The van der Waals surface area contributed by atoms with Crippen LogP contribution in [-0.4, -0.2) is 23.7 Å². The zero-order chi connectivity index (χ0) is 11.8. The molecule has 0 saturated heterocycles. The summed E-state index contributed by atoms with van der Waals surface area (Å²) in [5.41, 5.74) is 0. The molecular formula is C13H25NO2. The molecule has 0 radical (unpaired) electrons. The van der Waals surface area contributed by atoms with Gasteiger partial charge in [-0.05, 0) is 25.2 Å². The molecule has 0 heterocycles. The third-order valence-electron chi connectivity index (χ3n) is 3.46. The van der Waals surface area contributed by atoms with E-state index in [0.717, 1.165) is 32.1 Å². The Bertz CT molecular complexity index is 200. The fourth-order valence-corrected chi connectivity index (χ4v) is 2.35. The number of amides is 1. The molecule has 1 aliphatic rings. The molecule has 1 aliphatic carbocycles. The number of aliphatic hydroxyl groups is 1. The van der Waals surface area contributed by atoms with Gasteiger partial charge in [-0.1, -0.05) is 32.6 Å². The second kappa shape index (κ2) is 7.66. The summed E-state index contributed by atoms with van der Waals surface area (Å²) < 4.78 is 0. The second-order valence-electron chi connectivity index (χ2n) is 4.87. The number of aliphatic hydroxyl groups excluding tert-OH is 1. The highest BCUT2D eigenvalue weighted by Crippen LogP contribution is 2.27. The monoisotopic (exact) mass is 227 g/mol. The molecule has 0 aromatic rings. The first-order valence-corrected chi connectivity index (χ1v) is 6.68. The standard InChI is InChI=1S/C13H25NO2/c1-2-3-4-9-13(16)14-10-12(15)11-7-5-6-8-11/h11-12,15H,2-10H2,1H3,(H,14,16). The Labute approximate surface area is 98.6 Å². The number of unbranched alkanes of at least 4 members (excludes halogenated alkanes) is 2. The molecule has 94 valence electrons. The Kier molecular flexibility index (Phi) is 6.46. The summed E-state index contributed by atoms with van der Waals surface area (Å²) in [6, 6.07) is 0. The minimum Gasteiger partial charge on any atom is -0.391 e. The summed E-state index contributed by atoms with van der Waals surface area (Å²) in [7, 11) is 0. The number of carbonyl (C=O) groups excluding carboxylic acids is 1. The van der Waals surface area contributed by atoms with Gasteiger partial charge >= 0.3 is 0 Å². The molecule has 0 bridgehead atoms. The highest BCUT2D eigenvalue weighted by atomic mass is 16.3. The van der Waals surface area contributed by atoms with Gasteiger partial charge in [-0.15, -0.1) is 0 Å². The Hall–Kier alpha value is -0.570. The molecule has 16 heavy (non-hydrogen) atoms. The van der Waals surface area contributed by atoms with Crippen LogP contribution in [-0.2, 0) is 4.79 Å². The number of hydrogen-bond acceptors (Lipinski definition) is 2. The van der Waals surface area contributed by atoms with Crippen molar-refractivity contribution >= 4 is 5.91 Å². The largest absolute Gasteiger partial charge is 0.391 e. The van der Waals surface area contributed by atoms with Crippen LogP contribution in [0.4, 0.5) is 0 Å². The Morgan fingerprint density at radius 3 is 2.69 bits per heavy atom. The van der Waals surface area contributed by atoms with E-state index in [2.05, 4.69) is 12.2 Å². The van der Waals surface area contributed by atoms with Crippen LogP contribution in [0.3, 0.4) is 0 Å². The van der Waals surface area contributed by atoms with E-state index in [0.29, 0.717) is 18.9 Å². The van der Waals surface area contributed by atoms with Gasteiger partial charge in [0, 0.05) is 13.0 Å². The zero-order valence-corrected chi connectivity index (χ0v) is 10.4. The quantitative estimate of drug-likeness (QED) is 0.655. The summed E-state index contributed by atoms with van der Waals surface area (Å²) in [4.78, 5) is 11.4. The van der Waals surface area contributed by atoms with Gasteiger partial charge in [-0.25, -0.2) is 0 Å². The third kappa shape index (κ3) is 4.97. The number of nitrogens with one attached hydrogen (secondary N) is 1. The lowest BCUT2D eigenvalue weighted by atomic mass is 10.0. The first kappa shape index (κ1) is 13.5. The number of rotatable bonds is 7. The van der Waals surface area contributed by atoms with Crippen molar-refractivity contribution in [1.82, 2.24) is 5.32 Å². The van der Waals surface area contributed by atoms with Crippen LogP contribution in [0.25, 0.3) is 0 Å². The summed E-state index contributed by atoms with van der Waals surface area (Å²) in [5.74, 6) is 0.501. The smallest absolute Gasteiger partial charge is 0.220 e. The van der Waals surface area contributed by atoms with Crippen molar-refractivity contribution in [3.63, 3.8) is 0 Å². The number of hydrogen-bond donors (Lipinski definition) is 2. The van der Waals surface area contributed by atoms with Gasteiger partial charge in [0.15, 0.2) is 0 Å². The van der Waals surface area contributed by atoms with Crippen LogP contribution >= 0.6 is 0 Å². The van der Waals surface area contributed by atoms with Crippen LogP contribution in [0.15, 0.2) is 0 Å². The molecule has 2 N–H and O–H groups in total. The lowest BCUT2D eigenvalue weighted by Crippen LogP contribution is -2.35. The van der Waals surface area contributed by atoms with E-state index in [4.69, 9.17) is 0 Å². The molecule has 1 fully saturated rings. The van der Waals surface area contributed by atoms with Crippen LogP contribution in [0.1, 0.15) is 58.3 Å². The van der Waals surface area contributed by atoms with Gasteiger partial charge in [-0.2, -0.15) is 0 Å². The van der Waals surface area contributed by atoms with Gasteiger partial charge in [0.05, 0.1) is 6.10 Å². The molecule has 3 nitrogen and oxygen atoms in total. The maximum atomic E-state index is 11.4. The van der Waals surface area contributed by atoms with Crippen molar-refractivity contribution in [2.24, 2.45) is 5.92 Å². The highest BCUT2D eigenvalue weighted by Gasteiger charge is 2.23. The summed E-state index contributed by atoms with van der Waals surface area (Å²) in [6.07, 6.45) is 8.17. The molecule has 0 aromatic carbocycles. The van der Waals surface area contributed by atoms with Crippen molar-refractivity contribution in [1.29, 1.82) is 0 Å². The average molecular weight is 227 g/mol.